The summed E-state index contributed by atoms with van der Waals surface area (Å²) < 4.78 is 2.60. The van der Waals surface area contributed by atoms with Crippen molar-refractivity contribution >= 4 is 39.0 Å². The molecule has 1 aromatic rings. The molecule has 1 N–H and O–H groups in total. The Labute approximate surface area is 101 Å². The Balaban J connectivity index is 1.95. The minimum Gasteiger partial charge on any atom is -0.313 e. The number of hydrogen-bond donors (Lipinski definition) is 1. The van der Waals surface area contributed by atoms with Crippen LogP contribution < -0.4 is 5.32 Å². The summed E-state index contributed by atoms with van der Waals surface area (Å²) >= 11 is 7.24. The molecular formula is C9H13BrN2S2. The molecule has 0 saturated carbocycles. The number of thiophene rings is 1. The zero-order chi connectivity index (χ0) is 9.97. The lowest BCUT2D eigenvalue weighted by molar-refractivity contribution is 0.266. The molecule has 2 rings (SSSR count). The highest BCUT2D eigenvalue weighted by Gasteiger charge is 2.19. The molecule has 1 fully saturated rings. The Hall–Kier alpha value is 0.450. The fraction of sp³-hybridized carbons (Fsp3) is 0.556. The van der Waals surface area contributed by atoms with Gasteiger partial charge in [0, 0.05) is 19.6 Å². The maximum Gasteiger partial charge on any atom is 0.0736 e. The summed E-state index contributed by atoms with van der Waals surface area (Å²) in [6, 6.07) is 4.30. The zero-order valence-corrected chi connectivity index (χ0v) is 11.2. The van der Waals surface area contributed by atoms with Crippen molar-refractivity contribution in [3.63, 3.8) is 0 Å². The van der Waals surface area contributed by atoms with Crippen molar-refractivity contribution in [3.8, 4) is 0 Å². The Kier molecular flexibility index (Phi) is 3.90. The van der Waals surface area contributed by atoms with Crippen LogP contribution in [0.1, 0.15) is 0 Å². The molecule has 78 valence electrons. The van der Waals surface area contributed by atoms with Gasteiger partial charge in [0.1, 0.15) is 0 Å². The fourth-order valence-electron chi connectivity index (χ4n) is 1.41. The van der Waals surface area contributed by atoms with Gasteiger partial charge in [-0.3, -0.25) is 4.90 Å². The molecule has 1 saturated heterocycles. The number of nitrogens with one attached hydrogen (secondary N) is 1. The van der Waals surface area contributed by atoms with E-state index in [2.05, 4.69) is 45.3 Å². The second-order valence-electron chi connectivity index (χ2n) is 3.32. The summed E-state index contributed by atoms with van der Waals surface area (Å²) in [4.78, 5) is 2.41. The van der Waals surface area contributed by atoms with Crippen LogP contribution in [0.15, 0.2) is 20.1 Å². The highest BCUT2D eigenvalue weighted by Crippen LogP contribution is 2.34. The first kappa shape index (κ1) is 11.0. The number of piperazine rings is 1. The van der Waals surface area contributed by atoms with Gasteiger partial charge in [-0.05, 0) is 35.1 Å². The standard InChI is InChI=1S/C9H13BrN2S2/c1-12-5-4-11-6-8(12)14-9-3-2-7(10)13-9/h2-3,8,11H,4-6H2,1H3. The van der Waals surface area contributed by atoms with Crippen LogP contribution in [-0.2, 0) is 0 Å². The van der Waals surface area contributed by atoms with Gasteiger partial charge < -0.3 is 5.32 Å². The molecule has 2 nitrogen and oxygen atoms in total. The number of rotatable bonds is 2. The van der Waals surface area contributed by atoms with Gasteiger partial charge in [0.2, 0.25) is 0 Å². The number of thioether (sulfide) groups is 1. The van der Waals surface area contributed by atoms with Crippen molar-refractivity contribution in [3.05, 3.63) is 15.9 Å². The number of halogens is 1. The van der Waals surface area contributed by atoms with Crippen molar-refractivity contribution in [2.24, 2.45) is 0 Å². The molecule has 0 spiro atoms. The molecule has 1 aromatic heterocycles. The first-order valence-electron chi connectivity index (χ1n) is 4.58. The van der Waals surface area contributed by atoms with Gasteiger partial charge in [-0.2, -0.15) is 0 Å². The molecule has 1 aliphatic heterocycles. The topological polar surface area (TPSA) is 15.3 Å². The summed E-state index contributed by atoms with van der Waals surface area (Å²) in [5.74, 6) is 0. The lowest BCUT2D eigenvalue weighted by Gasteiger charge is -2.32. The van der Waals surface area contributed by atoms with Gasteiger partial charge in [-0.15, -0.1) is 11.3 Å². The predicted molar refractivity (Wildman–Crippen MR) is 67.2 cm³/mol. The van der Waals surface area contributed by atoms with Crippen LogP contribution in [0.2, 0.25) is 0 Å². The van der Waals surface area contributed by atoms with Gasteiger partial charge in [0.25, 0.3) is 0 Å². The lowest BCUT2D eigenvalue weighted by Crippen LogP contribution is -2.47. The Bertz CT molecular complexity index is 303. The van der Waals surface area contributed by atoms with E-state index in [0.717, 1.165) is 19.6 Å². The smallest absolute Gasteiger partial charge is 0.0736 e. The Morgan fingerprint density at radius 2 is 2.50 bits per heavy atom. The average Bonchev–Trinajstić information content (AvgIpc) is 2.56. The SMILES string of the molecule is CN1CCNCC1Sc1ccc(Br)s1. The minimum absolute atomic E-state index is 0.578. The van der Waals surface area contributed by atoms with E-state index in [1.807, 2.05) is 23.1 Å². The fourth-order valence-corrected chi connectivity index (χ4v) is 4.54. The zero-order valence-electron chi connectivity index (χ0n) is 8.00. The second-order valence-corrected chi connectivity index (χ2v) is 7.26. The van der Waals surface area contributed by atoms with Gasteiger partial charge in [0.15, 0.2) is 0 Å². The van der Waals surface area contributed by atoms with Crippen LogP contribution in [0.3, 0.4) is 0 Å². The van der Waals surface area contributed by atoms with Crippen molar-refractivity contribution in [2.75, 3.05) is 26.7 Å². The molecule has 14 heavy (non-hydrogen) atoms. The quantitative estimate of drug-likeness (QED) is 0.902. The first-order valence-corrected chi connectivity index (χ1v) is 7.07. The van der Waals surface area contributed by atoms with Crippen molar-refractivity contribution in [1.82, 2.24) is 10.2 Å². The maximum atomic E-state index is 3.49. The van der Waals surface area contributed by atoms with Crippen LogP contribution >= 0.6 is 39.0 Å². The Morgan fingerprint density at radius 3 is 3.14 bits per heavy atom. The highest BCUT2D eigenvalue weighted by atomic mass is 79.9. The molecule has 1 aliphatic rings. The van der Waals surface area contributed by atoms with Crippen LogP contribution in [0.25, 0.3) is 0 Å². The van der Waals surface area contributed by atoms with E-state index in [1.165, 1.54) is 8.00 Å². The average molecular weight is 293 g/mol. The summed E-state index contributed by atoms with van der Waals surface area (Å²) in [6.07, 6.45) is 0. The molecule has 0 aromatic carbocycles. The van der Waals surface area contributed by atoms with E-state index in [9.17, 15) is 0 Å². The molecular weight excluding hydrogens is 280 g/mol. The molecule has 5 heteroatoms. The van der Waals surface area contributed by atoms with Gasteiger partial charge in [-0.25, -0.2) is 0 Å². The molecule has 2 heterocycles. The van der Waals surface area contributed by atoms with Crippen LogP contribution in [0.4, 0.5) is 0 Å². The third kappa shape index (κ3) is 2.73. The van der Waals surface area contributed by atoms with Crippen molar-refractivity contribution < 1.29 is 0 Å². The third-order valence-electron chi connectivity index (χ3n) is 2.25. The molecule has 1 atom stereocenters. The molecule has 0 amide bonds. The number of likely N-dealkylation sites (N-methyl/N-ethyl adjacent to an activating group) is 1. The normalized spacial score (nSPS) is 24.0. The van der Waals surface area contributed by atoms with Gasteiger partial charge in [0.05, 0.1) is 13.4 Å². The van der Waals surface area contributed by atoms with E-state index in [-0.39, 0.29) is 0 Å². The third-order valence-corrected chi connectivity index (χ3v) is 5.38. The molecule has 0 radical (unpaired) electrons. The van der Waals surface area contributed by atoms with Gasteiger partial charge >= 0.3 is 0 Å². The summed E-state index contributed by atoms with van der Waals surface area (Å²) in [7, 11) is 2.20. The van der Waals surface area contributed by atoms with E-state index in [1.54, 1.807) is 0 Å². The summed E-state index contributed by atoms with van der Waals surface area (Å²) in [5.41, 5.74) is 0. The summed E-state index contributed by atoms with van der Waals surface area (Å²) in [6.45, 7) is 3.34. The molecule has 1 unspecified atom stereocenters. The predicted octanol–water partition coefficient (Wildman–Crippen LogP) is 2.46. The van der Waals surface area contributed by atoms with Crippen LogP contribution in [-0.4, -0.2) is 37.0 Å². The maximum absolute atomic E-state index is 3.49. The van der Waals surface area contributed by atoms with E-state index in [0.29, 0.717) is 5.37 Å². The van der Waals surface area contributed by atoms with Crippen LogP contribution in [0.5, 0.6) is 0 Å². The van der Waals surface area contributed by atoms with Gasteiger partial charge in [-0.1, -0.05) is 11.8 Å². The second kappa shape index (κ2) is 4.99. The highest BCUT2D eigenvalue weighted by molar-refractivity contribution is 9.11. The van der Waals surface area contributed by atoms with E-state index in [4.69, 9.17) is 0 Å². The number of hydrogen-bond acceptors (Lipinski definition) is 4. The van der Waals surface area contributed by atoms with E-state index >= 15 is 0 Å². The molecule has 0 aliphatic carbocycles. The molecule has 0 bridgehead atoms. The minimum atomic E-state index is 0.578. The largest absolute Gasteiger partial charge is 0.313 e. The van der Waals surface area contributed by atoms with Crippen molar-refractivity contribution in [1.29, 1.82) is 0 Å². The van der Waals surface area contributed by atoms with E-state index < -0.39 is 0 Å². The first-order chi connectivity index (χ1) is 6.75. The van der Waals surface area contributed by atoms with Crippen LogP contribution in [0, 0.1) is 0 Å². The van der Waals surface area contributed by atoms with Crippen molar-refractivity contribution in [2.45, 2.75) is 9.58 Å². The monoisotopic (exact) mass is 292 g/mol. The Morgan fingerprint density at radius 1 is 1.64 bits per heavy atom. The number of nitrogens with zero attached hydrogens (tertiary/aromatic N) is 1. The lowest BCUT2D eigenvalue weighted by atomic mass is 10.4. The summed E-state index contributed by atoms with van der Waals surface area (Å²) in [5, 5.41) is 4.00.